The van der Waals surface area contributed by atoms with Crippen LogP contribution in [0, 0.1) is 22.9 Å². The third-order valence-corrected chi connectivity index (χ3v) is 2.85. The summed E-state index contributed by atoms with van der Waals surface area (Å²) in [5.74, 6) is -0.295. The van der Waals surface area contributed by atoms with Crippen molar-refractivity contribution in [1.29, 1.82) is 0 Å². The van der Waals surface area contributed by atoms with E-state index in [-0.39, 0.29) is 18.0 Å². The molecule has 0 heterocycles. The van der Waals surface area contributed by atoms with Gasteiger partial charge in [0.05, 0.1) is 4.92 Å². The molecule has 1 N–H and O–H groups in total. The van der Waals surface area contributed by atoms with E-state index in [0.29, 0.717) is 16.8 Å². The molecule has 5 heteroatoms. The number of anilines is 1. The fraction of sp³-hybridized carbons (Fsp3) is 0.143. The van der Waals surface area contributed by atoms with E-state index in [0.717, 1.165) is 0 Å². The third-order valence-electron chi connectivity index (χ3n) is 2.85. The summed E-state index contributed by atoms with van der Waals surface area (Å²) < 4.78 is 13.4. The minimum Gasteiger partial charge on any atom is -0.381 e. The zero-order valence-corrected chi connectivity index (χ0v) is 10.4. The van der Waals surface area contributed by atoms with Crippen LogP contribution in [0.2, 0.25) is 0 Å². The van der Waals surface area contributed by atoms with E-state index in [9.17, 15) is 14.5 Å². The van der Waals surface area contributed by atoms with Gasteiger partial charge in [0.2, 0.25) is 0 Å². The summed E-state index contributed by atoms with van der Waals surface area (Å²) in [6.45, 7) is 1.96. The molecule has 98 valence electrons. The standard InChI is InChI=1S/C14H13FN2O2/c1-10-6-7-12(8-14(10)17(18)19)16-9-11-4-2-3-5-13(11)15/h2-8,16H,9H2,1H3. The van der Waals surface area contributed by atoms with Gasteiger partial charge in [0.25, 0.3) is 5.69 Å². The molecule has 4 nitrogen and oxygen atoms in total. The van der Waals surface area contributed by atoms with Gasteiger partial charge in [-0.2, -0.15) is 0 Å². The maximum Gasteiger partial charge on any atom is 0.274 e. The smallest absolute Gasteiger partial charge is 0.274 e. The van der Waals surface area contributed by atoms with Gasteiger partial charge >= 0.3 is 0 Å². The van der Waals surface area contributed by atoms with E-state index in [2.05, 4.69) is 5.32 Å². The van der Waals surface area contributed by atoms with E-state index in [1.165, 1.54) is 12.1 Å². The van der Waals surface area contributed by atoms with Gasteiger partial charge in [-0.25, -0.2) is 4.39 Å². The topological polar surface area (TPSA) is 55.2 Å². The monoisotopic (exact) mass is 260 g/mol. The molecule has 2 rings (SSSR count). The van der Waals surface area contributed by atoms with Gasteiger partial charge in [-0.1, -0.05) is 24.3 Å². The maximum absolute atomic E-state index is 13.4. The van der Waals surface area contributed by atoms with Crippen molar-refractivity contribution in [2.24, 2.45) is 0 Å². The Hall–Kier alpha value is -2.43. The molecule has 0 spiro atoms. The highest BCUT2D eigenvalue weighted by Gasteiger charge is 2.11. The summed E-state index contributed by atoms with van der Waals surface area (Å²) in [7, 11) is 0. The number of nitro benzene ring substituents is 1. The molecule has 2 aromatic rings. The summed E-state index contributed by atoms with van der Waals surface area (Å²) >= 11 is 0. The molecule has 0 aromatic heterocycles. The van der Waals surface area contributed by atoms with Gasteiger partial charge in [-0.15, -0.1) is 0 Å². The maximum atomic E-state index is 13.4. The van der Waals surface area contributed by atoms with Gasteiger partial charge < -0.3 is 5.32 Å². The lowest BCUT2D eigenvalue weighted by Gasteiger charge is -2.08. The molecule has 0 amide bonds. The fourth-order valence-electron chi connectivity index (χ4n) is 1.76. The quantitative estimate of drug-likeness (QED) is 0.674. The summed E-state index contributed by atoms with van der Waals surface area (Å²) in [6, 6.07) is 11.3. The minimum atomic E-state index is -0.427. The average Bonchev–Trinajstić information content (AvgIpc) is 2.39. The lowest BCUT2D eigenvalue weighted by Crippen LogP contribution is -2.02. The van der Waals surface area contributed by atoms with Gasteiger partial charge in [0, 0.05) is 29.4 Å². The van der Waals surface area contributed by atoms with Crippen molar-refractivity contribution in [3.05, 3.63) is 69.5 Å². The third kappa shape index (κ3) is 3.07. The lowest BCUT2D eigenvalue weighted by molar-refractivity contribution is -0.385. The van der Waals surface area contributed by atoms with Crippen LogP contribution in [0.3, 0.4) is 0 Å². The van der Waals surface area contributed by atoms with Crippen molar-refractivity contribution in [3.8, 4) is 0 Å². The largest absolute Gasteiger partial charge is 0.381 e. The molecule has 0 aliphatic carbocycles. The second kappa shape index (κ2) is 5.48. The lowest BCUT2D eigenvalue weighted by atomic mass is 10.1. The Morgan fingerprint density at radius 2 is 2.00 bits per heavy atom. The van der Waals surface area contributed by atoms with E-state index < -0.39 is 4.92 Å². The summed E-state index contributed by atoms with van der Waals surface area (Å²) in [5, 5.41) is 13.8. The highest BCUT2D eigenvalue weighted by atomic mass is 19.1. The van der Waals surface area contributed by atoms with Crippen LogP contribution in [0.4, 0.5) is 15.8 Å². The van der Waals surface area contributed by atoms with Crippen LogP contribution in [0.5, 0.6) is 0 Å². The van der Waals surface area contributed by atoms with Crippen molar-refractivity contribution in [1.82, 2.24) is 0 Å². The van der Waals surface area contributed by atoms with Crippen molar-refractivity contribution < 1.29 is 9.31 Å². The molecule has 19 heavy (non-hydrogen) atoms. The van der Waals surface area contributed by atoms with Crippen LogP contribution in [0.25, 0.3) is 0 Å². The molecule has 2 aromatic carbocycles. The number of hydrogen-bond donors (Lipinski definition) is 1. The number of nitrogens with zero attached hydrogens (tertiary/aromatic N) is 1. The van der Waals surface area contributed by atoms with Crippen LogP contribution in [0.15, 0.2) is 42.5 Å². The number of nitro groups is 1. The molecule has 0 unspecified atom stereocenters. The predicted molar refractivity (Wildman–Crippen MR) is 71.6 cm³/mol. The molecule has 0 saturated heterocycles. The van der Waals surface area contributed by atoms with Gasteiger partial charge in [0.1, 0.15) is 5.82 Å². The van der Waals surface area contributed by atoms with Crippen molar-refractivity contribution >= 4 is 11.4 Å². The number of rotatable bonds is 4. The molecule has 0 bridgehead atoms. The zero-order valence-electron chi connectivity index (χ0n) is 10.4. The van der Waals surface area contributed by atoms with E-state index in [1.54, 1.807) is 37.3 Å². The number of hydrogen-bond acceptors (Lipinski definition) is 3. The van der Waals surface area contributed by atoms with E-state index in [1.807, 2.05) is 0 Å². The second-order valence-corrected chi connectivity index (χ2v) is 4.20. The van der Waals surface area contributed by atoms with Crippen LogP contribution < -0.4 is 5.32 Å². The molecular formula is C14H13FN2O2. The Balaban J connectivity index is 2.14. The number of nitrogens with one attached hydrogen (secondary N) is 1. The molecule has 0 saturated carbocycles. The van der Waals surface area contributed by atoms with E-state index >= 15 is 0 Å². The Morgan fingerprint density at radius 3 is 2.68 bits per heavy atom. The first kappa shape index (κ1) is 13.0. The number of aryl methyl sites for hydroxylation is 1. The first-order valence-electron chi connectivity index (χ1n) is 5.80. The van der Waals surface area contributed by atoms with E-state index in [4.69, 9.17) is 0 Å². The summed E-state index contributed by atoms with van der Waals surface area (Å²) in [4.78, 5) is 10.4. The van der Waals surface area contributed by atoms with Gasteiger partial charge in [0.15, 0.2) is 0 Å². The predicted octanol–water partition coefficient (Wildman–Crippen LogP) is 3.65. The van der Waals surface area contributed by atoms with Crippen molar-refractivity contribution in [2.75, 3.05) is 5.32 Å². The van der Waals surface area contributed by atoms with Crippen molar-refractivity contribution in [2.45, 2.75) is 13.5 Å². The molecule has 0 radical (unpaired) electrons. The molecule has 0 aliphatic heterocycles. The minimum absolute atomic E-state index is 0.0542. The van der Waals surface area contributed by atoms with Crippen LogP contribution in [-0.4, -0.2) is 4.92 Å². The van der Waals surface area contributed by atoms with Gasteiger partial charge in [-0.3, -0.25) is 10.1 Å². The molecule has 0 fully saturated rings. The highest BCUT2D eigenvalue weighted by Crippen LogP contribution is 2.22. The van der Waals surface area contributed by atoms with Crippen molar-refractivity contribution in [3.63, 3.8) is 0 Å². The van der Waals surface area contributed by atoms with Crippen LogP contribution in [-0.2, 0) is 6.54 Å². The average molecular weight is 260 g/mol. The fourth-order valence-corrected chi connectivity index (χ4v) is 1.76. The number of halogens is 1. The Labute approximate surface area is 110 Å². The number of benzene rings is 2. The highest BCUT2D eigenvalue weighted by molar-refractivity contribution is 5.55. The Bertz CT molecular complexity index is 614. The van der Waals surface area contributed by atoms with Gasteiger partial charge in [-0.05, 0) is 19.1 Å². The SMILES string of the molecule is Cc1ccc(NCc2ccccc2F)cc1[N+](=O)[O-]. The summed E-state index contributed by atoms with van der Waals surface area (Å²) in [6.07, 6.45) is 0. The van der Waals surface area contributed by atoms with Crippen LogP contribution in [0.1, 0.15) is 11.1 Å². The molecule has 0 atom stereocenters. The van der Waals surface area contributed by atoms with Crippen LogP contribution >= 0.6 is 0 Å². The molecular weight excluding hydrogens is 247 g/mol. The second-order valence-electron chi connectivity index (χ2n) is 4.20. The molecule has 0 aliphatic rings. The first-order valence-corrected chi connectivity index (χ1v) is 5.80. The normalized spacial score (nSPS) is 10.2. The Kier molecular flexibility index (Phi) is 3.75. The summed E-state index contributed by atoms with van der Waals surface area (Å²) in [5.41, 5.74) is 1.77. The first-order chi connectivity index (χ1) is 9.08. The zero-order chi connectivity index (χ0) is 13.8. The Morgan fingerprint density at radius 1 is 1.26 bits per heavy atom.